The molecule has 2 aromatic heterocycles. The minimum absolute atomic E-state index is 0.117. The molecular weight excluding hydrogens is 330 g/mol. The van der Waals surface area contributed by atoms with Gasteiger partial charge >= 0.3 is 0 Å². The van der Waals surface area contributed by atoms with Crippen molar-refractivity contribution in [3.8, 4) is 11.5 Å². The highest BCUT2D eigenvalue weighted by molar-refractivity contribution is 5.20. The van der Waals surface area contributed by atoms with Gasteiger partial charge in [-0.1, -0.05) is 0 Å². The number of ether oxygens (including phenoxy) is 1. The number of aromatic hydroxyl groups is 1. The molecule has 2 N–H and O–H groups in total. The number of aliphatic hydroxyl groups excluding tert-OH is 1. The maximum Gasteiger partial charge on any atom is 0.138 e. The van der Waals surface area contributed by atoms with Crippen LogP contribution in [0.4, 0.5) is 0 Å². The van der Waals surface area contributed by atoms with Crippen LogP contribution in [0, 0.1) is 18.8 Å². The average Bonchev–Trinajstić information content (AvgIpc) is 3.15. The van der Waals surface area contributed by atoms with Crippen molar-refractivity contribution in [3.05, 3.63) is 48.0 Å². The molecule has 1 aliphatic heterocycles. The fourth-order valence-corrected chi connectivity index (χ4v) is 4.24. The summed E-state index contributed by atoms with van der Waals surface area (Å²) in [6.07, 6.45) is 4.93. The molecule has 0 bridgehead atoms. The van der Waals surface area contributed by atoms with Crippen LogP contribution >= 0.6 is 0 Å². The second-order valence-corrected chi connectivity index (χ2v) is 7.54. The molecule has 4 rings (SSSR count). The molecule has 0 amide bonds. The van der Waals surface area contributed by atoms with Crippen molar-refractivity contribution in [2.24, 2.45) is 11.8 Å². The van der Waals surface area contributed by atoms with E-state index in [0.717, 1.165) is 37.4 Å². The largest absolute Gasteiger partial charge is 0.506 e. The molecule has 6 nitrogen and oxygen atoms in total. The maximum absolute atomic E-state index is 10.4. The van der Waals surface area contributed by atoms with Gasteiger partial charge < -0.3 is 14.9 Å². The summed E-state index contributed by atoms with van der Waals surface area (Å²) in [5, 5.41) is 19.7. The lowest BCUT2D eigenvalue weighted by molar-refractivity contribution is 0.113. The van der Waals surface area contributed by atoms with Crippen molar-refractivity contribution in [2.75, 3.05) is 19.6 Å². The van der Waals surface area contributed by atoms with Crippen molar-refractivity contribution in [3.63, 3.8) is 0 Å². The van der Waals surface area contributed by atoms with Crippen molar-refractivity contribution in [1.82, 2.24) is 14.9 Å². The first-order valence-electron chi connectivity index (χ1n) is 9.21. The summed E-state index contributed by atoms with van der Waals surface area (Å²) >= 11 is 0. The molecule has 2 unspecified atom stereocenters. The first-order valence-corrected chi connectivity index (χ1v) is 9.21. The van der Waals surface area contributed by atoms with E-state index in [-0.39, 0.29) is 11.9 Å². The fraction of sp³-hybridized carbons (Fsp3) is 0.500. The number of hydrogen-bond acceptors (Lipinski definition) is 6. The van der Waals surface area contributed by atoms with Crippen molar-refractivity contribution in [2.45, 2.75) is 32.0 Å². The normalized spacial score (nSPS) is 26.6. The Labute approximate surface area is 153 Å². The summed E-state index contributed by atoms with van der Waals surface area (Å²) in [5.74, 6) is 2.22. The highest BCUT2D eigenvalue weighted by Gasteiger charge is 2.42. The molecule has 1 saturated carbocycles. The van der Waals surface area contributed by atoms with E-state index in [9.17, 15) is 10.2 Å². The minimum atomic E-state index is -0.625. The topological polar surface area (TPSA) is 78.7 Å². The van der Waals surface area contributed by atoms with Crippen LogP contribution in [0.15, 0.2) is 36.7 Å². The molecule has 138 valence electrons. The smallest absolute Gasteiger partial charge is 0.138 e. The second-order valence-electron chi connectivity index (χ2n) is 7.54. The Balaban J connectivity index is 1.28. The van der Waals surface area contributed by atoms with Gasteiger partial charge in [0.05, 0.1) is 24.2 Å². The highest BCUT2D eigenvalue weighted by Crippen LogP contribution is 2.40. The summed E-state index contributed by atoms with van der Waals surface area (Å²) in [5.41, 5.74) is 1.60. The molecule has 0 radical (unpaired) electrons. The van der Waals surface area contributed by atoms with Crippen LogP contribution < -0.4 is 4.74 Å². The quantitative estimate of drug-likeness (QED) is 0.857. The maximum atomic E-state index is 10.4. The molecule has 0 aromatic carbocycles. The molecule has 2 aromatic rings. The molecular formula is C20H25N3O3. The highest BCUT2D eigenvalue weighted by atomic mass is 16.5. The van der Waals surface area contributed by atoms with Gasteiger partial charge in [0.15, 0.2) is 0 Å². The van der Waals surface area contributed by atoms with E-state index in [4.69, 9.17) is 4.74 Å². The molecule has 26 heavy (non-hydrogen) atoms. The fourth-order valence-electron chi connectivity index (χ4n) is 4.24. The Morgan fingerprint density at radius 2 is 1.88 bits per heavy atom. The van der Waals surface area contributed by atoms with E-state index < -0.39 is 6.10 Å². The molecule has 6 heteroatoms. The average molecular weight is 355 g/mol. The zero-order valence-electron chi connectivity index (χ0n) is 15.0. The summed E-state index contributed by atoms with van der Waals surface area (Å²) in [6, 6.07) is 7.21. The number of pyridine rings is 2. The van der Waals surface area contributed by atoms with Crippen LogP contribution in [-0.2, 0) is 0 Å². The number of β-amino-alcohol motifs (C(OH)–C–C–N with tert-alkyl or cyclic N) is 1. The minimum Gasteiger partial charge on any atom is -0.506 e. The SMILES string of the molecule is Cc1ccc(OC2C[C@@H]3CN(CC(O)c4ccc(O)cn4)C[C@@H]3C2)cn1. The van der Waals surface area contributed by atoms with Crippen molar-refractivity contribution in [1.29, 1.82) is 0 Å². The van der Waals surface area contributed by atoms with Gasteiger partial charge in [-0.15, -0.1) is 0 Å². The summed E-state index contributed by atoms with van der Waals surface area (Å²) in [6.45, 7) is 4.54. The van der Waals surface area contributed by atoms with E-state index in [1.54, 1.807) is 18.3 Å². The van der Waals surface area contributed by atoms with E-state index >= 15 is 0 Å². The Bertz CT molecular complexity index is 721. The summed E-state index contributed by atoms with van der Waals surface area (Å²) in [7, 11) is 0. The van der Waals surface area contributed by atoms with Gasteiger partial charge in [-0.2, -0.15) is 0 Å². The first-order chi connectivity index (χ1) is 12.6. The third-order valence-electron chi connectivity index (χ3n) is 5.51. The lowest BCUT2D eigenvalue weighted by Gasteiger charge is -2.22. The van der Waals surface area contributed by atoms with E-state index in [0.29, 0.717) is 24.1 Å². The number of aryl methyl sites for hydroxylation is 1. The lowest BCUT2D eigenvalue weighted by atomic mass is 10.0. The summed E-state index contributed by atoms with van der Waals surface area (Å²) < 4.78 is 6.10. The Morgan fingerprint density at radius 1 is 1.12 bits per heavy atom. The standard InChI is InChI=1S/C20H25N3O3/c1-13-2-4-17(9-21-13)26-18-6-14-10-23(11-15(14)7-18)12-20(25)19-5-3-16(24)8-22-19/h2-5,8-9,14-15,18,20,24-25H,6-7,10-12H2,1H3/t14-,15+,18?,20?. The summed E-state index contributed by atoms with van der Waals surface area (Å²) in [4.78, 5) is 10.7. The number of hydrogen-bond donors (Lipinski definition) is 2. The number of nitrogens with zero attached hydrogens (tertiary/aromatic N) is 3. The van der Waals surface area contributed by atoms with Crippen molar-refractivity contribution < 1.29 is 14.9 Å². The van der Waals surface area contributed by atoms with Crippen LogP contribution in [0.1, 0.15) is 30.3 Å². The second kappa shape index (κ2) is 7.21. The van der Waals surface area contributed by atoms with Gasteiger partial charge in [-0.05, 0) is 55.9 Å². The van der Waals surface area contributed by atoms with E-state index in [2.05, 4.69) is 14.9 Å². The van der Waals surface area contributed by atoms with Gasteiger partial charge in [-0.3, -0.25) is 14.9 Å². The number of rotatable bonds is 5. The molecule has 4 atom stereocenters. The molecule has 1 saturated heterocycles. The van der Waals surface area contributed by atoms with Crippen LogP contribution in [0.5, 0.6) is 11.5 Å². The Kier molecular flexibility index (Phi) is 4.78. The predicted octanol–water partition coefficient (Wildman–Crippen LogP) is 2.31. The van der Waals surface area contributed by atoms with Crippen LogP contribution in [-0.4, -0.2) is 50.8 Å². The van der Waals surface area contributed by atoms with Gasteiger partial charge in [0, 0.05) is 25.3 Å². The van der Waals surface area contributed by atoms with Crippen LogP contribution in [0.3, 0.4) is 0 Å². The van der Waals surface area contributed by atoms with Crippen LogP contribution in [0.2, 0.25) is 0 Å². The van der Waals surface area contributed by atoms with Gasteiger partial charge in [-0.25, -0.2) is 0 Å². The first kappa shape index (κ1) is 17.2. The van der Waals surface area contributed by atoms with Gasteiger partial charge in [0.1, 0.15) is 17.6 Å². The Hall–Kier alpha value is -2.18. The van der Waals surface area contributed by atoms with E-state index in [1.165, 1.54) is 6.20 Å². The Morgan fingerprint density at radius 3 is 2.50 bits per heavy atom. The zero-order valence-corrected chi connectivity index (χ0v) is 15.0. The van der Waals surface area contributed by atoms with Crippen LogP contribution in [0.25, 0.3) is 0 Å². The predicted molar refractivity (Wildman–Crippen MR) is 96.9 cm³/mol. The lowest BCUT2D eigenvalue weighted by Crippen LogP contribution is -2.29. The zero-order chi connectivity index (χ0) is 18.1. The van der Waals surface area contributed by atoms with Gasteiger partial charge in [0.25, 0.3) is 0 Å². The molecule has 2 fully saturated rings. The monoisotopic (exact) mass is 355 g/mol. The molecule has 3 heterocycles. The van der Waals surface area contributed by atoms with Crippen molar-refractivity contribution >= 4 is 0 Å². The van der Waals surface area contributed by atoms with Gasteiger partial charge in [0.2, 0.25) is 0 Å². The van der Waals surface area contributed by atoms with E-state index in [1.807, 2.05) is 19.1 Å². The number of aromatic nitrogens is 2. The number of likely N-dealkylation sites (tertiary alicyclic amines) is 1. The molecule has 0 spiro atoms. The molecule has 1 aliphatic carbocycles. The molecule has 2 aliphatic rings. The number of aliphatic hydroxyl groups is 1. The number of fused-ring (bicyclic) bond motifs is 1. The third kappa shape index (κ3) is 3.81. The third-order valence-corrected chi connectivity index (χ3v) is 5.51.